The highest BCUT2D eigenvalue weighted by molar-refractivity contribution is 6.41. The number of aliphatic hydroxyl groups is 1. The van der Waals surface area contributed by atoms with Gasteiger partial charge in [0.1, 0.15) is 15.7 Å². The summed E-state index contributed by atoms with van der Waals surface area (Å²) in [5, 5.41) is 6.38. The molecular formula is C3HB3O. The third-order valence-electron chi connectivity index (χ3n) is 0.272. The first-order valence-electron chi connectivity index (χ1n) is 1.59. The van der Waals surface area contributed by atoms with Gasteiger partial charge in [-0.15, -0.1) is 5.92 Å². The van der Waals surface area contributed by atoms with Crippen LogP contribution in [0.4, 0.5) is 0 Å². The number of hydrogen-bond acceptors (Lipinski definition) is 1. The van der Waals surface area contributed by atoms with Crippen molar-refractivity contribution in [1.82, 2.24) is 0 Å². The Morgan fingerprint density at radius 3 is 1.86 bits per heavy atom. The molecule has 0 atom stereocenters. The van der Waals surface area contributed by atoms with Crippen LogP contribution >= 0.6 is 0 Å². The average molecular weight is 85.5 g/mol. The molecule has 0 unspecified atom stereocenters. The van der Waals surface area contributed by atoms with Crippen molar-refractivity contribution in [2.45, 2.75) is 5.40 Å². The minimum Gasteiger partial charge on any atom is -0.397 e. The van der Waals surface area contributed by atoms with E-state index in [4.69, 9.17) is 20.8 Å². The van der Waals surface area contributed by atoms with Crippen LogP contribution < -0.4 is 0 Å². The Balaban J connectivity index is 3.72. The van der Waals surface area contributed by atoms with Crippen LogP contribution in [0.1, 0.15) is 0 Å². The van der Waals surface area contributed by atoms with E-state index in [1.807, 2.05) is 11.7 Å². The lowest BCUT2D eigenvalue weighted by molar-refractivity contribution is 0.272. The van der Waals surface area contributed by atoms with E-state index >= 15 is 0 Å². The zero-order valence-corrected chi connectivity index (χ0v) is 3.68. The lowest BCUT2D eigenvalue weighted by atomic mass is 9.66. The highest BCUT2D eigenvalue weighted by Gasteiger charge is 2.03. The van der Waals surface area contributed by atoms with Gasteiger partial charge in [0, 0.05) is 5.40 Å². The summed E-state index contributed by atoms with van der Waals surface area (Å²) in [6.07, 6.45) is 0. The molecule has 0 saturated carbocycles. The first kappa shape index (κ1) is 6.71. The van der Waals surface area contributed by atoms with Gasteiger partial charge in [-0.3, -0.25) is 0 Å². The molecule has 7 heavy (non-hydrogen) atoms. The van der Waals surface area contributed by atoms with Gasteiger partial charge in [0.25, 0.3) is 0 Å². The van der Waals surface area contributed by atoms with Crippen LogP contribution in [0.15, 0.2) is 0 Å². The molecule has 0 aliphatic carbocycles. The lowest BCUT2D eigenvalue weighted by Crippen LogP contribution is -2.26. The van der Waals surface area contributed by atoms with Crippen molar-refractivity contribution in [1.29, 1.82) is 0 Å². The summed E-state index contributed by atoms with van der Waals surface area (Å²) in [5.74, 6) is 3.78. The van der Waals surface area contributed by atoms with Crippen LogP contribution in [-0.2, 0) is 0 Å². The summed E-state index contributed by atoms with van der Waals surface area (Å²) < 4.78 is 0. The average Bonchev–Trinajstić information content (AvgIpc) is 1.30. The van der Waals surface area contributed by atoms with E-state index in [2.05, 4.69) is 7.85 Å². The van der Waals surface area contributed by atoms with Gasteiger partial charge in [0.05, 0.1) is 0 Å². The van der Waals surface area contributed by atoms with Crippen molar-refractivity contribution in [3.05, 3.63) is 0 Å². The maximum absolute atomic E-state index is 8.32. The molecule has 0 spiro atoms. The number of rotatable bonds is 0. The van der Waals surface area contributed by atoms with Crippen molar-refractivity contribution in [3.8, 4) is 11.7 Å². The molecule has 0 amide bonds. The molecule has 0 saturated heterocycles. The summed E-state index contributed by atoms with van der Waals surface area (Å²) in [6, 6.07) is 0. The van der Waals surface area contributed by atoms with E-state index in [1.165, 1.54) is 0 Å². The highest BCUT2D eigenvalue weighted by Crippen LogP contribution is 1.82. The first-order valence-corrected chi connectivity index (χ1v) is 1.59. The van der Waals surface area contributed by atoms with Gasteiger partial charge in [0.15, 0.2) is 7.85 Å². The van der Waals surface area contributed by atoms with E-state index in [0.717, 1.165) is 0 Å². The predicted molar refractivity (Wildman–Crippen MR) is 30.0 cm³/mol. The third kappa shape index (κ3) is 5.71. The van der Waals surface area contributed by atoms with E-state index in [0.29, 0.717) is 0 Å². The Labute approximate surface area is 46.7 Å². The molecule has 28 valence electrons. The van der Waals surface area contributed by atoms with Crippen molar-refractivity contribution in [2.75, 3.05) is 0 Å². The van der Waals surface area contributed by atoms with Gasteiger partial charge in [-0.2, -0.15) is 5.82 Å². The Kier molecular flexibility index (Phi) is 2.05. The van der Waals surface area contributed by atoms with Gasteiger partial charge in [0.2, 0.25) is 0 Å². The zero-order valence-electron chi connectivity index (χ0n) is 3.68. The molecule has 6 radical (unpaired) electrons. The number of hydrogen-bond donors (Lipinski definition) is 1. The van der Waals surface area contributed by atoms with E-state index in [9.17, 15) is 0 Å². The zero-order chi connectivity index (χ0) is 5.91. The van der Waals surface area contributed by atoms with E-state index in [-0.39, 0.29) is 0 Å². The molecule has 0 heterocycles. The van der Waals surface area contributed by atoms with Crippen LogP contribution in [0.3, 0.4) is 0 Å². The van der Waals surface area contributed by atoms with Crippen LogP contribution in [0.5, 0.6) is 0 Å². The Morgan fingerprint density at radius 1 is 1.43 bits per heavy atom. The summed E-state index contributed by atoms with van der Waals surface area (Å²) >= 11 is 0. The van der Waals surface area contributed by atoms with E-state index in [1.54, 1.807) is 0 Å². The van der Waals surface area contributed by atoms with Crippen LogP contribution in [0.2, 0.25) is 0 Å². The molecule has 0 fully saturated rings. The standard InChI is InChI=1S/C3HB3O/c4-2-1-3(5,6)7/h7H. The second kappa shape index (κ2) is 2.13. The summed E-state index contributed by atoms with van der Waals surface area (Å²) in [5.41, 5.74) is 0. The SMILES string of the molecule is [B]C#CC([B])([B])O. The molecule has 1 nitrogen and oxygen atoms in total. The van der Waals surface area contributed by atoms with Crippen LogP contribution in [0, 0.1) is 11.7 Å². The van der Waals surface area contributed by atoms with Gasteiger partial charge in [-0.1, -0.05) is 0 Å². The molecule has 0 aromatic heterocycles. The van der Waals surface area contributed by atoms with Crippen molar-refractivity contribution < 1.29 is 5.11 Å². The monoisotopic (exact) mass is 86.0 g/mol. The third-order valence-corrected chi connectivity index (χ3v) is 0.272. The molecule has 0 aliphatic heterocycles. The Hall–Kier alpha value is -0.285. The maximum Gasteiger partial charge on any atom is 0.187 e. The molecular weight excluding hydrogens is 84.5 g/mol. The summed E-state index contributed by atoms with van der Waals surface area (Å²) in [7, 11) is 14.1. The van der Waals surface area contributed by atoms with Gasteiger partial charge in [-0.05, 0) is 0 Å². The molecule has 1 N–H and O–H groups in total. The highest BCUT2D eigenvalue weighted by atomic mass is 16.3. The fourth-order valence-electron chi connectivity index (χ4n) is 0.116. The lowest BCUT2D eigenvalue weighted by Gasteiger charge is -2.06. The quantitative estimate of drug-likeness (QED) is 0.269. The summed E-state index contributed by atoms with van der Waals surface area (Å²) in [4.78, 5) is 0. The molecule has 0 bridgehead atoms. The molecule has 0 aliphatic rings. The normalized spacial score (nSPS) is 9.29. The molecule has 0 aromatic carbocycles. The van der Waals surface area contributed by atoms with Gasteiger partial charge < -0.3 is 5.11 Å². The fraction of sp³-hybridized carbons (Fsp3) is 0.333. The largest absolute Gasteiger partial charge is 0.397 e. The van der Waals surface area contributed by atoms with Crippen molar-refractivity contribution in [2.24, 2.45) is 0 Å². The minimum atomic E-state index is -1.94. The maximum atomic E-state index is 8.32. The minimum absolute atomic E-state index is 1.86. The topological polar surface area (TPSA) is 20.2 Å². The molecule has 0 rings (SSSR count). The molecule has 0 aromatic rings. The first-order chi connectivity index (χ1) is 3.06. The van der Waals surface area contributed by atoms with Gasteiger partial charge in [-0.25, -0.2) is 0 Å². The Bertz CT molecular complexity index is 104. The second-order valence-electron chi connectivity index (χ2n) is 1.09. The van der Waals surface area contributed by atoms with Crippen molar-refractivity contribution >= 4 is 23.5 Å². The Morgan fingerprint density at radius 2 is 1.86 bits per heavy atom. The summed E-state index contributed by atoms with van der Waals surface area (Å²) in [6.45, 7) is 0. The molecule has 4 heteroatoms. The predicted octanol–water partition coefficient (Wildman–Crippen LogP) is -1.90. The smallest absolute Gasteiger partial charge is 0.187 e. The fourth-order valence-corrected chi connectivity index (χ4v) is 0.116. The van der Waals surface area contributed by atoms with Crippen molar-refractivity contribution in [3.63, 3.8) is 0 Å². The van der Waals surface area contributed by atoms with Crippen LogP contribution in [0.25, 0.3) is 0 Å². The van der Waals surface area contributed by atoms with Gasteiger partial charge >= 0.3 is 0 Å². The van der Waals surface area contributed by atoms with Crippen LogP contribution in [-0.4, -0.2) is 34.0 Å². The second-order valence-corrected chi connectivity index (χ2v) is 1.09. The van der Waals surface area contributed by atoms with E-state index < -0.39 is 5.40 Å².